The van der Waals surface area contributed by atoms with E-state index >= 15 is 0 Å². The maximum absolute atomic E-state index is 10.6. The Labute approximate surface area is 91.0 Å². The van der Waals surface area contributed by atoms with Gasteiger partial charge < -0.3 is 14.6 Å². The molecule has 1 saturated heterocycles. The standard InChI is InChI=1S/C8H11ClO6/c1-3(10)13-7-5(9)6(12)8(15-7)14-4(2)11/h5-8,12H,1-2H3. The molecule has 0 aromatic carbocycles. The summed E-state index contributed by atoms with van der Waals surface area (Å²) >= 11 is 5.71. The van der Waals surface area contributed by atoms with Crippen molar-refractivity contribution in [2.45, 2.75) is 37.9 Å². The summed E-state index contributed by atoms with van der Waals surface area (Å²) in [6.07, 6.45) is -3.53. The molecule has 1 rings (SSSR count). The van der Waals surface area contributed by atoms with Gasteiger partial charge >= 0.3 is 11.9 Å². The van der Waals surface area contributed by atoms with E-state index in [4.69, 9.17) is 16.3 Å². The van der Waals surface area contributed by atoms with Crippen molar-refractivity contribution in [3.05, 3.63) is 0 Å². The molecule has 86 valence electrons. The Morgan fingerprint density at radius 2 is 1.67 bits per heavy atom. The largest absolute Gasteiger partial charge is 0.434 e. The first-order valence-corrected chi connectivity index (χ1v) is 4.67. The van der Waals surface area contributed by atoms with Gasteiger partial charge in [-0.3, -0.25) is 14.3 Å². The van der Waals surface area contributed by atoms with Gasteiger partial charge in [0.2, 0.25) is 12.6 Å². The summed E-state index contributed by atoms with van der Waals surface area (Å²) in [4.78, 5) is 21.2. The Balaban J connectivity index is 2.58. The predicted molar refractivity (Wildman–Crippen MR) is 47.8 cm³/mol. The lowest BCUT2D eigenvalue weighted by atomic mass is 10.3. The molecular weight excluding hydrogens is 228 g/mol. The number of hydrogen-bond acceptors (Lipinski definition) is 6. The van der Waals surface area contributed by atoms with Gasteiger partial charge in [0, 0.05) is 13.8 Å². The lowest BCUT2D eigenvalue weighted by molar-refractivity contribution is -0.215. The molecule has 0 bridgehead atoms. The van der Waals surface area contributed by atoms with E-state index in [1.807, 2.05) is 0 Å². The first-order chi connectivity index (χ1) is 6.91. The maximum atomic E-state index is 10.6. The smallest absolute Gasteiger partial charge is 0.305 e. The number of halogens is 1. The second-order valence-electron chi connectivity index (χ2n) is 3.03. The van der Waals surface area contributed by atoms with Crippen LogP contribution in [0.15, 0.2) is 0 Å². The number of carbonyl (C=O) groups excluding carboxylic acids is 2. The third-order valence-corrected chi connectivity index (χ3v) is 2.16. The monoisotopic (exact) mass is 238 g/mol. The van der Waals surface area contributed by atoms with Gasteiger partial charge in [-0.1, -0.05) is 0 Å². The lowest BCUT2D eigenvalue weighted by Gasteiger charge is -2.13. The second kappa shape index (κ2) is 4.78. The Kier molecular flexibility index (Phi) is 3.90. The van der Waals surface area contributed by atoms with Crippen LogP contribution in [-0.4, -0.2) is 41.1 Å². The van der Waals surface area contributed by atoms with Crippen LogP contribution in [0.4, 0.5) is 0 Å². The van der Waals surface area contributed by atoms with Crippen molar-refractivity contribution in [3.63, 3.8) is 0 Å². The van der Waals surface area contributed by atoms with Crippen molar-refractivity contribution in [1.82, 2.24) is 0 Å². The molecule has 0 aromatic heterocycles. The Hall–Kier alpha value is -0.850. The zero-order valence-electron chi connectivity index (χ0n) is 8.18. The highest BCUT2D eigenvalue weighted by Crippen LogP contribution is 2.27. The number of esters is 2. The minimum Gasteiger partial charge on any atom is -0.434 e. The molecule has 7 heteroatoms. The van der Waals surface area contributed by atoms with Crippen LogP contribution >= 0.6 is 11.6 Å². The summed E-state index contributed by atoms with van der Waals surface area (Å²) in [6.45, 7) is 2.34. The molecule has 1 N–H and O–H groups in total. The summed E-state index contributed by atoms with van der Waals surface area (Å²) < 4.78 is 14.2. The number of carbonyl (C=O) groups is 2. The van der Waals surface area contributed by atoms with Crippen molar-refractivity contribution in [2.75, 3.05) is 0 Å². The van der Waals surface area contributed by atoms with Gasteiger partial charge in [0.15, 0.2) is 0 Å². The van der Waals surface area contributed by atoms with Crippen molar-refractivity contribution < 1.29 is 28.9 Å². The molecular formula is C8H11ClO6. The van der Waals surface area contributed by atoms with Crippen LogP contribution < -0.4 is 0 Å². The SMILES string of the molecule is CC(=O)OC1OC(OC(C)=O)C(Cl)C1O. The molecule has 4 atom stereocenters. The highest BCUT2D eigenvalue weighted by molar-refractivity contribution is 6.21. The summed E-state index contributed by atoms with van der Waals surface area (Å²) in [5, 5.41) is 8.50. The van der Waals surface area contributed by atoms with Crippen LogP contribution in [0, 0.1) is 0 Å². The predicted octanol–water partition coefficient (Wildman–Crippen LogP) is -0.237. The third kappa shape index (κ3) is 3.05. The summed E-state index contributed by atoms with van der Waals surface area (Å²) in [7, 11) is 0. The molecule has 15 heavy (non-hydrogen) atoms. The van der Waals surface area contributed by atoms with E-state index in [2.05, 4.69) is 9.47 Å². The van der Waals surface area contributed by atoms with Crippen molar-refractivity contribution >= 4 is 23.5 Å². The first kappa shape index (κ1) is 12.2. The lowest BCUT2D eigenvalue weighted by Crippen LogP contribution is -2.31. The quantitative estimate of drug-likeness (QED) is 0.528. The van der Waals surface area contributed by atoms with E-state index in [0.29, 0.717) is 0 Å². The van der Waals surface area contributed by atoms with Gasteiger partial charge in [0.05, 0.1) is 0 Å². The summed E-state index contributed by atoms with van der Waals surface area (Å²) in [5.74, 6) is -1.22. The van der Waals surface area contributed by atoms with Crippen LogP contribution in [0.2, 0.25) is 0 Å². The average molecular weight is 239 g/mol. The van der Waals surface area contributed by atoms with Gasteiger partial charge in [-0.25, -0.2) is 0 Å². The van der Waals surface area contributed by atoms with Crippen molar-refractivity contribution in [3.8, 4) is 0 Å². The van der Waals surface area contributed by atoms with Crippen LogP contribution in [0.1, 0.15) is 13.8 Å². The van der Waals surface area contributed by atoms with Crippen LogP contribution in [0.25, 0.3) is 0 Å². The fourth-order valence-corrected chi connectivity index (χ4v) is 1.35. The Bertz CT molecular complexity index is 242. The zero-order chi connectivity index (χ0) is 11.6. The minimum atomic E-state index is -1.22. The normalized spacial score (nSPS) is 34.9. The topological polar surface area (TPSA) is 82.1 Å². The number of aliphatic hydroxyl groups excluding tert-OH is 1. The molecule has 0 amide bonds. The van der Waals surface area contributed by atoms with Crippen molar-refractivity contribution in [1.29, 1.82) is 0 Å². The van der Waals surface area contributed by atoms with E-state index in [0.717, 1.165) is 0 Å². The number of alkyl halides is 1. The molecule has 0 saturated carbocycles. The molecule has 4 unspecified atom stereocenters. The molecule has 0 spiro atoms. The fraction of sp³-hybridized carbons (Fsp3) is 0.750. The van der Waals surface area contributed by atoms with Gasteiger partial charge in [-0.2, -0.15) is 0 Å². The number of rotatable bonds is 2. The molecule has 1 heterocycles. The molecule has 0 aromatic rings. The van der Waals surface area contributed by atoms with E-state index in [1.165, 1.54) is 13.8 Å². The van der Waals surface area contributed by atoms with E-state index in [-0.39, 0.29) is 0 Å². The summed E-state index contributed by atoms with van der Waals surface area (Å²) in [5.41, 5.74) is 0. The second-order valence-corrected chi connectivity index (χ2v) is 3.53. The molecule has 1 fully saturated rings. The Morgan fingerprint density at radius 3 is 2.13 bits per heavy atom. The number of ether oxygens (including phenoxy) is 3. The fourth-order valence-electron chi connectivity index (χ4n) is 1.12. The highest BCUT2D eigenvalue weighted by atomic mass is 35.5. The van der Waals surface area contributed by atoms with Crippen LogP contribution in [0.5, 0.6) is 0 Å². The average Bonchev–Trinajstić information content (AvgIpc) is 2.32. The van der Waals surface area contributed by atoms with E-state index in [1.54, 1.807) is 0 Å². The Morgan fingerprint density at radius 1 is 1.20 bits per heavy atom. The van der Waals surface area contributed by atoms with Gasteiger partial charge in [-0.05, 0) is 0 Å². The van der Waals surface area contributed by atoms with Crippen molar-refractivity contribution in [2.24, 2.45) is 0 Å². The molecule has 1 aliphatic heterocycles. The van der Waals surface area contributed by atoms with E-state index < -0.39 is 36.0 Å². The van der Waals surface area contributed by atoms with Gasteiger partial charge in [0.25, 0.3) is 0 Å². The van der Waals surface area contributed by atoms with Crippen LogP contribution in [0.3, 0.4) is 0 Å². The number of aliphatic hydroxyl groups is 1. The zero-order valence-corrected chi connectivity index (χ0v) is 8.93. The van der Waals surface area contributed by atoms with E-state index in [9.17, 15) is 14.7 Å². The molecule has 1 aliphatic rings. The maximum Gasteiger partial charge on any atom is 0.305 e. The number of hydrogen-bond donors (Lipinski definition) is 1. The third-order valence-electron chi connectivity index (χ3n) is 1.70. The van der Waals surface area contributed by atoms with Gasteiger partial charge in [0.1, 0.15) is 11.5 Å². The summed E-state index contributed by atoms with van der Waals surface area (Å²) in [6, 6.07) is 0. The molecule has 6 nitrogen and oxygen atoms in total. The minimum absolute atomic E-state index is 0.596. The molecule has 0 radical (unpaired) electrons. The molecule has 0 aliphatic carbocycles. The van der Waals surface area contributed by atoms with Gasteiger partial charge in [-0.15, -0.1) is 11.6 Å². The first-order valence-electron chi connectivity index (χ1n) is 4.24. The van der Waals surface area contributed by atoms with Crippen LogP contribution in [-0.2, 0) is 23.8 Å². The highest BCUT2D eigenvalue weighted by Gasteiger charge is 2.46.